The number of rotatable bonds is 3. The summed E-state index contributed by atoms with van der Waals surface area (Å²) < 4.78 is 16.4. The molecule has 0 unspecified atom stereocenters. The largest absolute Gasteiger partial charge is 0.456 e. The Hall–Kier alpha value is -6.52. The van der Waals surface area contributed by atoms with Gasteiger partial charge in [0.1, 0.15) is 23.0 Å². The van der Waals surface area contributed by atoms with Gasteiger partial charge in [-0.25, -0.2) is 0 Å². The van der Waals surface area contributed by atoms with Gasteiger partial charge in [0.15, 0.2) is 0 Å². The second kappa shape index (κ2) is 12.1. The molecule has 4 nitrogen and oxygen atoms in total. The first-order chi connectivity index (χ1) is 25.3. The average Bonchev–Trinajstić information content (AvgIpc) is 3.54. The molecule has 1 N–H and O–H groups in total. The summed E-state index contributed by atoms with van der Waals surface area (Å²) in [5, 5.41) is 5.73. The topological polar surface area (TPSA) is 35.4 Å². The van der Waals surface area contributed by atoms with Gasteiger partial charge in [-0.05, 0) is 95.9 Å². The summed E-state index contributed by atoms with van der Waals surface area (Å²) in [6.07, 6.45) is 10.4. The van der Waals surface area contributed by atoms with Gasteiger partial charge in [0.05, 0.1) is 11.0 Å². The highest BCUT2D eigenvalue weighted by atomic mass is 16.5. The molecule has 0 spiro atoms. The van der Waals surface area contributed by atoms with Crippen LogP contribution >= 0.6 is 0 Å². The van der Waals surface area contributed by atoms with Crippen molar-refractivity contribution in [2.24, 2.45) is 0 Å². The SMILES string of the molecule is C1=CC(C2=CC3=C(CC2)c2ccc(-c4cccc5c4c4ccccc4n5-c4ccccc4)cc2Oc2ccccc2-c2ccccc2O3)=CCN1. The number of nitrogens with one attached hydrogen (secondary N) is 1. The molecule has 1 aliphatic carbocycles. The minimum atomic E-state index is 0.798. The molecule has 0 atom stereocenters. The van der Waals surface area contributed by atoms with Gasteiger partial charge in [-0.15, -0.1) is 0 Å². The fraction of sp³-hybridized carbons (Fsp3) is 0.0638. The molecule has 3 aliphatic rings. The van der Waals surface area contributed by atoms with E-state index in [4.69, 9.17) is 9.47 Å². The van der Waals surface area contributed by atoms with E-state index >= 15 is 0 Å². The van der Waals surface area contributed by atoms with Crippen LogP contribution in [0.2, 0.25) is 0 Å². The predicted octanol–water partition coefficient (Wildman–Crippen LogP) is 11.8. The van der Waals surface area contributed by atoms with Crippen molar-refractivity contribution in [2.45, 2.75) is 12.8 Å². The normalized spacial score (nSPS) is 15.0. The maximum Gasteiger partial charge on any atom is 0.135 e. The number of aromatic nitrogens is 1. The zero-order valence-electron chi connectivity index (χ0n) is 28.0. The summed E-state index contributed by atoms with van der Waals surface area (Å²) in [5.74, 6) is 3.29. The van der Waals surface area contributed by atoms with Crippen LogP contribution in [0.15, 0.2) is 181 Å². The van der Waals surface area contributed by atoms with Gasteiger partial charge in [-0.1, -0.05) is 103 Å². The first-order valence-corrected chi connectivity index (χ1v) is 17.6. The van der Waals surface area contributed by atoms with Crippen molar-refractivity contribution in [3.8, 4) is 45.2 Å². The Balaban J connectivity index is 1.20. The van der Waals surface area contributed by atoms with Crippen molar-refractivity contribution < 1.29 is 9.47 Å². The van der Waals surface area contributed by atoms with E-state index in [1.54, 1.807) is 0 Å². The van der Waals surface area contributed by atoms with Gasteiger partial charge in [0, 0.05) is 45.3 Å². The lowest BCUT2D eigenvalue weighted by Crippen LogP contribution is -2.12. The molecule has 244 valence electrons. The minimum Gasteiger partial charge on any atom is -0.456 e. The number of ether oxygens (including phenoxy) is 2. The molecule has 3 heterocycles. The van der Waals surface area contributed by atoms with Crippen molar-refractivity contribution >= 4 is 27.4 Å². The highest BCUT2D eigenvalue weighted by Gasteiger charge is 2.26. The van der Waals surface area contributed by atoms with E-state index in [-0.39, 0.29) is 0 Å². The van der Waals surface area contributed by atoms with Crippen molar-refractivity contribution in [3.63, 3.8) is 0 Å². The van der Waals surface area contributed by atoms with Crippen LogP contribution in [-0.2, 0) is 0 Å². The summed E-state index contributed by atoms with van der Waals surface area (Å²) in [6, 6.07) is 49.2. The van der Waals surface area contributed by atoms with E-state index in [0.717, 1.165) is 75.9 Å². The lowest BCUT2D eigenvalue weighted by molar-refractivity contribution is 0.439. The zero-order chi connectivity index (χ0) is 33.7. The number of para-hydroxylation sites is 4. The fourth-order valence-electron chi connectivity index (χ4n) is 7.91. The summed E-state index contributed by atoms with van der Waals surface area (Å²) in [6.45, 7) is 0.825. The first kappa shape index (κ1) is 29.4. The molecule has 0 saturated heterocycles. The summed E-state index contributed by atoms with van der Waals surface area (Å²) >= 11 is 0. The third-order valence-corrected chi connectivity index (χ3v) is 10.3. The molecule has 1 aromatic heterocycles. The van der Waals surface area contributed by atoms with Crippen LogP contribution in [0.1, 0.15) is 18.4 Å². The number of benzene rings is 6. The lowest BCUT2D eigenvalue weighted by atomic mass is 9.86. The zero-order valence-corrected chi connectivity index (χ0v) is 28.0. The molecule has 7 aromatic rings. The molecular formula is C47H34N2O2. The van der Waals surface area contributed by atoms with Crippen LogP contribution in [0.5, 0.6) is 17.2 Å². The molecule has 0 amide bonds. The van der Waals surface area contributed by atoms with Gasteiger partial charge >= 0.3 is 0 Å². The van der Waals surface area contributed by atoms with Crippen LogP contribution in [-0.4, -0.2) is 11.1 Å². The van der Waals surface area contributed by atoms with E-state index in [1.165, 1.54) is 38.5 Å². The molecule has 10 rings (SSSR count). The second-order valence-corrected chi connectivity index (χ2v) is 13.2. The highest BCUT2D eigenvalue weighted by molar-refractivity contribution is 6.15. The molecule has 4 heteroatoms. The standard InChI is InChI=1S/C47H34N2O2/c1-2-11-34(12-3-1)49-41-17-7-4-15-40(41)47-35(16-10-18-42(47)49)33-22-24-39-38-23-21-32(31-25-27-48-28-26-31)29-45(38)50-43-19-8-5-13-36(43)37-14-6-9-20-44(37)51-46(39)30-33/h1-20,22,24-27,29-30,48H,21,23,28H2. The van der Waals surface area contributed by atoms with E-state index in [1.807, 2.05) is 18.3 Å². The molecule has 0 radical (unpaired) electrons. The average molecular weight is 659 g/mol. The molecule has 0 bridgehead atoms. The number of allylic oxidation sites excluding steroid dienone is 5. The molecule has 0 saturated carbocycles. The quantitative estimate of drug-likeness (QED) is 0.205. The third-order valence-electron chi connectivity index (χ3n) is 10.3. The molecular weight excluding hydrogens is 625 g/mol. The maximum absolute atomic E-state index is 7.06. The van der Waals surface area contributed by atoms with Crippen LogP contribution < -0.4 is 14.8 Å². The number of dihydropyridines is 1. The minimum absolute atomic E-state index is 0.798. The monoisotopic (exact) mass is 658 g/mol. The van der Waals surface area contributed by atoms with Crippen molar-refractivity contribution in [1.82, 2.24) is 9.88 Å². The van der Waals surface area contributed by atoms with Crippen molar-refractivity contribution in [3.05, 3.63) is 186 Å². The Morgan fingerprint density at radius 2 is 1.29 bits per heavy atom. The first-order valence-electron chi connectivity index (χ1n) is 17.6. The number of nitrogens with zero attached hydrogens (tertiary/aromatic N) is 1. The maximum atomic E-state index is 7.06. The Labute approximate surface area is 296 Å². The predicted molar refractivity (Wildman–Crippen MR) is 208 cm³/mol. The Morgan fingerprint density at radius 3 is 2.12 bits per heavy atom. The number of fused-ring (bicyclic) bond motifs is 8. The van der Waals surface area contributed by atoms with Gasteiger partial charge in [-0.2, -0.15) is 0 Å². The molecule has 2 aliphatic heterocycles. The highest BCUT2D eigenvalue weighted by Crippen LogP contribution is 2.47. The van der Waals surface area contributed by atoms with Gasteiger partial charge in [0.2, 0.25) is 0 Å². The molecule has 0 fully saturated rings. The van der Waals surface area contributed by atoms with Crippen LogP contribution in [0, 0.1) is 0 Å². The summed E-state index contributed by atoms with van der Waals surface area (Å²) in [7, 11) is 0. The number of hydrogen-bond donors (Lipinski definition) is 1. The van der Waals surface area contributed by atoms with Gasteiger partial charge in [-0.3, -0.25) is 0 Å². The fourth-order valence-corrected chi connectivity index (χ4v) is 7.91. The van der Waals surface area contributed by atoms with Crippen LogP contribution in [0.3, 0.4) is 0 Å². The van der Waals surface area contributed by atoms with E-state index in [2.05, 4.69) is 156 Å². The Morgan fingerprint density at radius 1 is 0.569 bits per heavy atom. The number of hydrogen-bond acceptors (Lipinski definition) is 3. The molecule has 51 heavy (non-hydrogen) atoms. The van der Waals surface area contributed by atoms with Crippen molar-refractivity contribution in [1.29, 1.82) is 0 Å². The molecule has 6 aromatic carbocycles. The Bertz CT molecular complexity index is 2640. The lowest BCUT2D eigenvalue weighted by Gasteiger charge is -2.26. The van der Waals surface area contributed by atoms with Crippen LogP contribution in [0.25, 0.3) is 55.3 Å². The summed E-state index contributed by atoms with van der Waals surface area (Å²) in [5.41, 5.74) is 12.5. The second-order valence-electron chi connectivity index (χ2n) is 13.2. The summed E-state index contributed by atoms with van der Waals surface area (Å²) in [4.78, 5) is 0. The van der Waals surface area contributed by atoms with Crippen molar-refractivity contribution in [2.75, 3.05) is 6.54 Å². The van der Waals surface area contributed by atoms with Gasteiger partial charge < -0.3 is 19.4 Å². The van der Waals surface area contributed by atoms with E-state index in [9.17, 15) is 0 Å². The smallest absolute Gasteiger partial charge is 0.135 e. The van der Waals surface area contributed by atoms with E-state index < -0.39 is 0 Å². The Kier molecular flexibility index (Phi) is 6.98. The third kappa shape index (κ3) is 4.99. The van der Waals surface area contributed by atoms with Gasteiger partial charge in [0.25, 0.3) is 0 Å². The van der Waals surface area contributed by atoms with E-state index in [0.29, 0.717) is 0 Å². The van der Waals surface area contributed by atoms with Crippen LogP contribution in [0.4, 0.5) is 0 Å².